The summed E-state index contributed by atoms with van der Waals surface area (Å²) < 4.78 is 6.38. The Kier molecular flexibility index (Phi) is 4.91. The SMILES string of the molecule is CCN(CC)c1ccc2nc3c4ccccc4/c(=N\c4ccc(C)cc4)cc-3oc2c1. The van der Waals surface area contributed by atoms with Crippen molar-refractivity contribution in [1.82, 2.24) is 4.98 Å². The molecule has 31 heavy (non-hydrogen) atoms. The molecule has 4 nitrogen and oxygen atoms in total. The van der Waals surface area contributed by atoms with Gasteiger partial charge in [0.15, 0.2) is 11.3 Å². The van der Waals surface area contributed by atoms with Crippen LogP contribution in [0.15, 0.2) is 82.2 Å². The van der Waals surface area contributed by atoms with Crippen LogP contribution in [0, 0.1) is 6.92 Å². The van der Waals surface area contributed by atoms with E-state index in [1.165, 1.54) is 5.56 Å². The minimum atomic E-state index is 0.744. The van der Waals surface area contributed by atoms with Crippen molar-refractivity contribution in [2.75, 3.05) is 18.0 Å². The molecule has 0 amide bonds. The lowest BCUT2D eigenvalue weighted by Crippen LogP contribution is -2.21. The van der Waals surface area contributed by atoms with E-state index in [9.17, 15) is 0 Å². The van der Waals surface area contributed by atoms with Gasteiger partial charge in [-0.1, -0.05) is 42.0 Å². The maximum absolute atomic E-state index is 6.38. The third-order valence-electron chi connectivity index (χ3n) is 5.77. The number of rotatable bonds is 4. The smallest absolute Gasteiger partial charge is 0.155 e. The monoisotopic (exact) mass is 407 g/mol. The fourth-order valence-electron chi connectivity index (χ4n) is 4.06. The topological polar surface area (TPSA) is 41.6 Å². The summed E-state index contributed by atoms with van der Waals surface area (Å²) >= 11 is 0. The number of hydrogen-bond acceptors (Lipinski definition) is 4. The molecule has 1 heterocycles. The zero-order chi connectivity index (χ0) is 21.4. The van der Waals surface area contributed by atoms with Gasteiger partial charge in [0.25, 0.3) is 0 Å². The number of benzene rings is 4. The molecular weight excluding hydrogens is 382 g/mol. The Morgan fingerprint density at radius 2 is 1.61 bits per heavy atom. The van der Waals surface area contributed by atoms with Crippen LogP contribution in [0.3, 0.4) is 0 Å². The predicted molar refractivity (Wildman–Crippen MR) is 128 cm³/mol. The molecule has 0 saturated heterocycles. The van der Waals surface area contributed by atoms with Gasteiger partial charge in [0.1, 0.15) is 11.2 Å². The molecule has 4 heteroatoms. The Balaban J connectivity index is 1.78. The van der Waals surface area contributed by atoms with Crippen LogP contribution < -0.4 is 10.3 Å². The van der Waals surface area contributed by atoms with Gasteiger partial charge in [-0.15, -0.1) is 0 Å². The van der Waals surface area contributed by atoms with Crippen LogP contribution in [-0.2, 0) is 0 Å². The van der Waals surface area contributed by atoms with Gasteiger partial charge in [-0.25, -0.2) is 9.98 Å². The molecule has 3 aromatic rings. The van der Waals surface area contributed by atoms with E-state index in [1.54, 1.807) is 0 Å². The van der Waals surface area contributed by atoms with Crippen molar-refractivity contribution >= 4 is 33.2 Å². The summed E-state index contributed by atoms with van der Waals surface area (Å²) in [6.45, 7) is 8.31. The van der Waals surface area contributed by atoms with Crippen molar-refractivity contribution in [3.05, 3.63) is 83.7 Å². The number of aromatic nitrogens is 1. The van der Waals surface area contributed by atoms with Crippen molar-refractivity contribution in [3.8, 4) is 11.5 Å². The lowest BCUT2D eigenvalue weighted by Gasteiger charge is -2.21. The van der Waals surface area contributed by atoms with Gasteiger partial charge in [0.05, 0.1) is 11.0 Å². The molecule has 1 aliphatic heterocycles. The van der Waals surface area contributed by atoms with E-state index in [-0.39, 0.29) is 0 Å². The summed E-state index contributed by atoms with van der Waals surface area (Å²) in [7, 11) is 0. The van der Waals surface area contributed by atoms with Gasteiger partial charge in [0.2, 0.25) is 0 Å². The van der Waals surface area contributed by atoms with Crippen LogP contribution >= 0.6 is 0 Å². The van der Waals surface area contributed by atoms with Crippen molar-refractivity contribution in [2.45, 2.75) is 20.8 Å². The fourth-order valence-corrected chi connectivity index (χ4v) is 4.06. The molecule has 0 unspecified atom stereocenters. The summed E-state index contributed by atoms with van der Waals surface area (Å²) in [5.41, 5.74) is 5.80. The molecule has 2 aliphatic rings. The molecule has 5 rings (SSSR count). The molecule has 0 fully saturated rings. The average Bonchev–Trinajstić information content (AvgIpc) is 2.80. The normalized spacial score (nSPS) is 12.2. The predicted octanol–water partition coefficient (Wildman–Crippen LogP) is 6.47. The fraction of sp³-hybridized carbons (Fsp3) is 0.185. The first-order chi connectivity index (χ1) is 15.2. The molecule has 0 atom stereocenters. The lowest BCUT2D eigenvalue weighted by molar-refractivity contribution is 0.613. The van der Waals surface area contributed by atoms with Crippen LogP contribution in [0.1, 0.15) is 19.4 Å². The molecular formula is C27H25N3O. The summed E-state index contributed by atoms with van der Waals surface area (Å²) in [5.74, 6) is 0.744. The molecule has 3 aromatic carbocycles. The number of nitrogens with zero attached hydrogens (tertiary/aromatic N) is 3. The quantitative estimate of drug-likeness (QED) is 0.253. The van der Waals surface area contributed by atoms with Gasteiger partial charge >= 0.3 is 0 Å². The Morgan fingerprint density at radius 3 is 2.35 bits per heavy atom. The molecule has 1 aliphatic carbocycles. The van der Waals surface area contributed by atoms with Crippen molar-refractivity contribution in [3.63, 3.8) is 0 Å². The van der Waals surface area contributed by atoms with Crippen LogP contribution in [0.4, 0.5) is 11.4 Å². The maximum Gasteiger partial charge on any atom is 0.155 e. The largest absolute Gasteiger partial charge is 0.453 e. The molecule has 0 radical (unpaired) electrons. The standard InChI is InChI=1S/C27H25N3O/c1-4-30(5-2)20-14-15-23-25(16-20)31-26-17-24(28-19-12-10-18(3)11-13-19)21-8-6-7-9-22(21)27(26)29-23/h6-17H,4-5H2,1-3H3/b28-24-. The summed E-state index contributed by atoms with van der Waals surface area (Å²) in [5, 5.41) is 3.00. The van der Waals surface area contributed by atoms with Gasteiger partial charge < -0.3 is 9.32 Å². The summed E-state index contributed by atoms with van der Waals surface area (Å²) in [4.78, 5) is 12.2. The highest BCUT2D eigenvalue weighted by molar-refractivity contribution is 5.96. The molecule has 0 spiro atoms. The third kappa shape index (κ3) is 3.55. The van der Waals surface area contributed by atoms with Crippen LogP contribution in [0.2, 0.25) is 0 Å². The molecule has 0 N–H and O–H groups in total. The Labute approximate surface area is 181 Å². The minimum absolute atomic E-state index is 0.744. The lowest BCUT2D eigenvalue weighted by atomic mass is 10.0. The highest BCUT2D eigenvalue weighted by atomic mass is 16.3. The van der Waals surface area contributed by atoms with Crippen LogP contribution in [-0.4, -0.2) is 18.1 Å². The van der Waals surface area contributed by atoms with Gasteiger partial charge in [0, 0.05) is 41.7 Å². The van der Waals surface area contributed by atoms with E-state index < -0.39 is 0 Å². The molecule has 154 valence electrons. The first-order valence-electron chi connectivity index (χ1n) is 10.8. The highest BCUT2D eigenvalue weighted by Gasteiger charge is 2.15. The van der Waals surface area contributed by atoms with E-state index in [2.05, 4.69) is 62.1 Å². The van der Waals surface area contributed by atoms with E-state index >= 15 is 0 Å². The summed E-state index contributed by atoms with van der Waals surface area (Å²) in [6, 6.07) is 24.8. The number of anilines is 1. The van der Waals surface area contributed by atoms with Gasteiger partial charge in [-0.05, 0) is 45.0 Å². The highest BCUT2D eigenvalue weighted by Crippen LogP contribution is 2.32. The van der Waals surface area contributed by atoms with E-state index in [0.29, 0.717) is 0 Å². The van der Waals surface area contributed by atoms with Crippen LogP contribution in [0.25, 0.3) is 33.3 Å². The Hall–Kier alpha value is -3.66. The van der Waals surface area contributed by atoms with E-state index in [4.69, 9.17) is 14.4 Å². The molecule has 0 bridgehead atoms. The number of fused-ring (bicyclic) bond motifs is 4. The Bertz CT molecular complexity index is 1410. The van der Waals surface area contributed by atoms with E-state index in [0.717, 1.165) is 63.1 Å². The zero-order valence-corrected chi connectivity index (χ0v) is 18.1. The van der Waals surface area contributed by atoms with Crippen molar-refractivity contribution in [1.29, 1.82) is 0 Å². The second-order valence-electron chi connectivity index (χ2n) is 7.77. The van der Waals surface area contributed by atoms with Gasteiger partial charge in [-0.3, -0.25) is 0 Å². The Morgan fingerprint density at radius 1 is 0.871 bits per heavy atom. The first-order valence-corrected chi connectivity index (χ1v) is 10.8. The average molecular weight is 408 g/mol. The third-order valence-corrected chi connectivity index (χ3v) is 5.77. The van der Waals surface area contributed by atoms with E-state index in [1.807, 2.05) is 36.4 Å². The van der Waals surface area contributed by atoms with Crippen LogP contribution in [0.5, 0.6) is 0 Å². The van der Waals surface area contributed by atoms with Gasteiger partial charge in [-0.2, -0.15) is 0 Å². The molecule has 0 aromatic heterocycles. The van der Waals surface area contributed by atoms with Crippen molar-refractivity contribution < 1.29 is 4.42 Å². The zero-order valence-electron chi connectivity index (χ0n) is 18.1. The second-order valence-corrected chi connectivity index (χ2v) is 7.77. The summed E-state index contributed by atoms with van der Waals surface area (Å²) in [6.07, 6.45) is 0. The minimum Gasteiger partial charge on any atom is -0.453 e. The maximum atomic E-state index is 6.38. The van der Waals surface area contributed by atoms with Crippen molar-refractivity contribution in [2.24, 2.45) is 4.99 Å². The second kappa shape index (κ2) is 7.88. The first kappa shape index (κ1) is 19.3. The number of hydrogen-bond donors (Lipinski definition) is 0. The molecule has 0 saturated carbocycles. The number of aryl methyl sites for hydroxylation is 1.